The molecule has 0 radical (unpaired) electrons. The molecule has 0 aromatic heterocycles. The molecule has 1 N–H and O–H groups in total. The number of ketones is 2. The largest absolute Gasteiger partial charge is 0.371 e. The van der Waals surface area contributed by atoms with Crippen LogP contribution in [0.1, 0.15) is 19.4 Å². The average molecular weight is 192 g/mol. The van der Waals surface area contributed by atoms with Crippen LogP contribution in [0, 0.1) is 0 Å². The van der Waals surface area contributed by atoms with E-state index >= 15 is 0 Å². The first kappa shape index (κ1) is 10.6. The second kappa shape index (κ2) is 3.72. The molecule has 0 unspecified atom stereocenters. The van der Waals surface area contributed by atoms with Crippen LogP contribution in [0.4, 0.5) is 0 Å². The van der Waals surface area contributed by atoms with Crippen LogP contribution in [-0.4, -0.2) is 16.7 Å². The molecule has 1 aromatic carbocycles. The van der Waals surface area contributed by atoms with E-state index in [1.165, 1.54) is 13.8 Å². The zero-order valence-electron chi connectivity index (χ0n) is 8.15. The number of Topliss-reactive ketones (excluding diaryl/α,β-unsaturated/α-hetero) is 2. The van der Waals surface area contributed by atoms with Gasteiger partial charge in [0.1, 0.15) is 0 Å². The summed E-state index contributed by atoms with van der Waals surface area (Å²) in [5, 5.41) is 9.94. The van der Waals surface area contributed by atoms with E-state index in [-0.39, 0.29) is 0 Å². The normalized spacial score (nSPS) is 11.1. The van der Waals surface area contributed by atoms with E-state index in [0.717, 1.165) is 0 Å². The molecule has 0 fully saturated rings. The Balaban J connectivity index is 3.27. The molecule has 0 aliphatic heterocycles. The molecule has 0 atom stereocenters. The number of hydrogen-bond donors (Lipinski definition) is 1. The van der Waals surface area contributed by atoms with Crippen LogP contribution in [0.25, 0.3) is 0 Å². The van der Waals surface area contributed by atoms with Crippen molar-refractivity contribution in [2.75, 3.05) is 0 Å². The van der Waals surface area contributed by atoms with Crippen LogP contribution >= 0.6 is 0 Å². The van der Waals surface area contributed by atoms with E-state index in [2.05, 4.69) is 0 Å². The maximum atomic E-state index is 11.2. The number of aliphatic hydroxyl groups is 1. The molecule has 0 aliphatic carbocycles. The van der Waals surface area contributed by atoms with Crippen molar-refractivity contribution in [2.24, 2.45) is 0 Å². The predicted molar refractivity (Wildman–Crippen MR) is 51.7 cm³/mol. The molecule has 3 heteroatoms. The molecule has 0 aliphatic rings. The van der Waals surface area contributed by atoms with Crippen LogP contribution in [-0.2, 0) is 15.2 Å². The Morgan fingerprint density at radius 2 is 1.50 bits per heavy atom. The summed E-state index contributed by atoms with van der Waals surface area (Å²) in [5.41, 5.74) is -1.67. The smallest absolute Gasteiger partial charge is 0.206 e. The van der Waals surface area contributed by atoms with Gasteiger partial charge in [0.2, 0.25) is 5.60 Å². The molecule has 0 saturated heterocycles. The van der Waals surface area contributed by atoms with Gasteiger partial charge < -0.3 is 5.11 Å². The number of hydrogen-bond acceptors (Lipinski definition) is 3. The van der Waals surface area contributed by atoms with E-state index in [1.54, 1.807) is 30.3 Å². The molecular formula is C11H12O3. The SMILES string of the molecule is CC(=O)C(O)(C(C)=O)c1ccccc1. The van der Waals surface area contributed by atoms with Gasteiger partial charge in [-0.1, -0.05) is 30.3 Å². The van der Waals surface area contributed by atoms with Gasteiger partial charge in [-0.15, -0.1) is 0 Å². The van der Waals surface area contributed by atoms with Crippen molar-refractivity contribution in [3.8, 4) is 0 Å². The molecule has 14 heavy (non-hydrogen) atoms. The van der Waals surface area contributed by atoms with Crippen molar-refractivity contribution in [3.63, 3.8) is 0 Å². The van der Waals surface area contributed by atoms with E-state index in [0.29, 0.717) is 5.56 Å². The highest BCUT2D eigenvalue weighted by atomic mass is 16.3. The molecule has 0 heterocycles. The number of rotatable bonds is 3. The lowest BCUT2D eigenvalue weighted by Crippen LogP contribution is -2.40. The Bertz CT molecular complexity index is 340. The Kier molecular flexibility index (Phi) is 2.81. The minimum atomic E-state index is -1.98. The molecular weight excluding hydrogens is 180 g/mol. The number of carbonyl (C=O) groups excluding carboxylic acids is 2. The second-order valence-electron chi connectivity index (χ2n) is 3.19. The molecule has 3 nitrogen and oxygen atoms in total. The lowest BCUT2D eigenvalue weighted by Gasteiger charge is -2.22. The number of benzene rings is 1. The highest BCUT2D eigenvalue weighted by molar-refractivity contribution is 6.08. The Morgan fingerprint density at radius 3 is 1.86 bits per heavy atom. The Hall–Kier alpha value is -1.48. The van der Waals surface area contributed by atoms with Crippen LogP contribution in [0.3, 0.4) is 0 Å². The van der Waals surface area contributed by atoms with E-state index in [4.69, 9.17) is 0 Å². The predicted octanol–water partition coefficient (Wildman–Crippen LogP) is 1.05. The summed E-state index contributed by atoms with van der Waals surface area (Å²) in [4.78, 5) is 22.5. The summed E-state index contributed by atoms with van der Waals surface area (Å²) in [6, 6.07) is 8.22. The summed E-state index contributed by atoms with van der Waals surface area (Å²) in [7, 11) is 0. The Morgan fingerprint density at radius 1 is 1.07 bits per heavy atom. The zero-order chi connectivity index (χ0) is 10.8. The van der Waals surface area contributed by atoms with Gasteiger partial charge in [-0.25, -0.2) is 0 Å². The van der Waals surface area contributed by atoms with Crippen molar-refractivity contribution >= 4 is 11.6 Å². The average Bonchev–Trinajstić information content (AvgIpc) is 2.17. The third kappa shape index (κ3) is 1.59. The van der Waals surface area contributed by atoms with Crippen LogP contribution < -0.4 is 0 Å². The van der Waals surface area contributed by atoms with Crippen molar-refractivity contribution in [1.82, 2.24) is 0 Å². The van der Waals surface area contributed by atoms with Crippen molar-refractivity contribution in [1.29, 1.82) is 0 Å². The summed E-state index contributed by atoms with van der Waals surface area (Å²) in [6.07, 6.45) is 0. The topological polar surface area (TPSA) is 54.4 Å². The van der Waals surface area contributed by atoms with Gasteiger partial charge >= 0.3 is 0 Å². The van der Waals surface area contributed by atoms with Crippen molar-refractivity contribution in [2.45, 2.75) is 19.4 Å². The van der Waals surface area contributed by atoms with Gasteiger partial charge in [-0.3, -0.25) is 9.59 Å². The second-order valence-corrected chi connectivity index (χ2v) is 3.19. The van der Waals surface area contributed by atoms with Crippen LogP contribution in [0.2, 0.25) is 0 Å². The molecule has 0 saturated carbocycles. The van der Waals surface area contributed by atoms with Gasteiger partial charge in [0.25, 0.3) is 0 Å². The molecule has 1 aromatic rings. The summed E-state index contributed by atoms with van der Waals surface area (Å²) >= 11 is 0. The monoisotopic (exact) mass is 192 g/mol. The summed E-state index contributed by atoms with van der Waals surface area (Å²) in [6.45, 7) is 2.41. The fourth-order valence-corrected chi connectivity index (χ4v) is 1.33. The van der Waals surface area contributed by atoms with E-state index < -0.39 is 17.2 Å². The first-order chi connectivity index (χ1) is 6.49. The van der Waals surface area contributed by atoms with Crippen molar-refractivity contribution in [3.05, 3.63) is 35.9 Å². The molecule has 0 bridgehead atoms. The third-order valence-corrected chi connectivity index (χ3v) is 2.21. The first-order valence-corrected chi connectivity index (χ1v) is 4.29. The van der Waals surface area contributed by atoms with E-state index in [9.17, 15) is 14.7 Å². The fourth-order valence-electron chi connectivity index (χ4n) is 1.33. The van der Waals surface area contributed by atoms with Gasteiger partial charge in [-0.2, -0.15) is 0 Å². The van der Waals surface area contributed by atoms with Crippen molar-refractivity contribution < 1.29 is 14.7 Å². The number of carbonyl (C=O) groups is 2. The molecule has 1 rings (SSSR count). The highest BCUT2D eigenvalue weighted by Crippen LogP contribution is 2.22. The van der Waals surface area contributed by atoms with Gasteiger partial charge in [0.15, 0.2) is 11.6 Å². The standard InChI is InChI=1S/C11H12O3/c1-8(12)11(14,9(2)13)10-6-4-3-5-7-10/h3-7,14H,1-2H3. The minimum absolute atomic E-state index is 0.319. The first-order valence-electron chi connectivity index (χ1n) is 4.29. The Labute approximate surface area is 82.4 Å². The molecule has 0 spiro atoms. The van der Waals surface area contributed by atoms with Crippen LogP contribution in [0.5, 0.6) is 0 Å². The zero-order valence-corrected chi connectivity index (χ0v) is 8.15. The summed E-state index contributed by atoms with van der Waals surface area (Å²) in [5.74, 6) is -1.12. The fraction of sp³-hybridized carbons (Fsp3) is 0.273. The van der Waals surface area contributed by atoms with Gasteiger partial charge in [-0.05, 0) is 19.4 Å². The maximum Gasteiger partial charge on any atom is 0.206 e. The van der Waals surface area contributed by atoms with Crippen LogP contribution in [0.15, 0.2) is 30.3 Å². The maximum absolute atomic E-state index is 11.2. The molecule has 0 amide bonds. The lowest BCUT2D eigenvalue weighted by molar-refractivity contribution is -0.149. The minimum Gasteiger partial charge on any atom is -0.371 e. The molecule has 74 valence electrons. The summed E-state index contributed by atoms with van der Waals surface area (Å²) < 4.78 is 0. The van der Waals surface area contributed by atoms with E-state index in [1.807, 2.05) is 0 Å². The van der Waals surface area contributed by atoms with Gasteiger partial charge in [0.05, 0.1) is 0 Å². The quantitative estimate of drug-likeness (QED) is 0.728. The lowest BCUT2D eigenvalue weighted by atomic mass is 9.87. The highest BCUT2D eigenvalue weighted by Gasteiger charge is 2.39. The third-order valence-electron chi connectivity index (χ3n) is 2.21. The van der Waals surface area contributed by atoms with Gasteiger partial charge in [0, 0.05) is 0 Å².